The van der Waals surface area contributed by atoms with Crippen LogP contribution in [0.15, 0.2) is 18.2 Å². The van der Waals surface area contributed by atoms with Crippen molar-refractivity contribution < 1.29 is 52.4 Å². The monoisotopic (exact) mass is 649 g/mol. The van der Waals surface area contributed by atoms with Crippen molar-refractivity contribution in [2.75, 3.05) is 78.0 Å². The highest BCUT2D eigenvalue weighted by molar-refractivity contribution is 6.26. The van der Waals surface area contributed by atoms with Crippen molar-refractivity contribution in [1.82, 2.24) is 10.2 Å². The van der Waals surface area contributed by atoms with Crippen molar-refractivity contribution in [3.8, 4) is 0 Å². The lowest BCUT2D eigenvalue weighted by Crippen LogP contribution is -2.54. The first-order valence-corrected chi connectivity index (χ1v) is 15.9. The third kappa shape index (κ3) is 12.5. The Balaban J connectivity index is 1.16. The van der Waals surface area contributed by atoms with Crippen LogP contribution in [0.25, 0.3) is 0 Å². The average molecular weight is 650 g/mol. The third-order valence-corrected chi connectivity index (χ3v) is 7.10. The second kappa shape index (κ2) is 20.8. The number of nitrogens with one attached hydrogen (secondary N) is 2. The van der Waals surface area contributed by atoms with E-state index < -0.39 is 29.7 Å². The normalized spacial score (nSPS) is 16.3. The Labute approximate surface area is 269 Å². The number of unbranched alkanes of at least 4 members (excludes halogenated alkanes) is 2. The van der Waals surface area contributed by atoms with Crippen molar-refractivity contribution in [3.63, 3.8) is 0 Å². The van der Waals surface area contributed by atoms with Crippen LogP contribution >= 0.6 is 0 Å². The van der Waals surface area contributed by atoms with E-state index in [9.17, 15) is 24.0 Å². The third-order valence-electron chi connectivity index (χ3n) is 7.10. The molecule has 5 amide bonds. The van der Waals surface area contributed by atoms with Gasteiger partial charge in [0.15, 0.2) is 0 Å². The minimum Gasteiger partial charge on any atom is -0.379 e. The first kappa shape index (κ1) is 37.2. The summed E-state index contributed by atoms with van der Waals surface area (Å²) in [6, 6.07) is 3.54. The molecule has 1 atom stereocenters. The highest BCUT2D eigenvalue weighted by Crippen LogP contribution is 2.32. The van der Waals surface area contributed by atoms with Gasteiger partial charge in [0.05, 0.1) is 89.0 Å². The van der Waals surface area contributed by atoms with Crippen molar-refractivity contribution in [1.29, 1.82) is 0 Å². The smallest absolute Gasteiger partial charge is 0.264 e. The molecular weight excluding hydrogens is 602 g/mol. The van der Waals surface area contributed by atoms with Crippen LogP contribution in [0.3, 0.4) is 0 Å². The Morgan fingerprint density at radius 2 is 1.39 bits per heavy atom. The van der Waals surface area contributed by atoms with Crippen LogP contribution < -0.4 is 10.6 Å². The number of carbonyl (C=O) groups is 5. The number of ether oxygens (including phenoxy) is 6. The number of hydrogen-bond donors (Lipinski definition) is 2. The van der Waals surface area contributed by atoms with Crippen LogP contribution in [0.5, 0.6) is 0 Å². The van der Waals surface area contributed by atoms with E-state index in [1.54, 1.807) is 12.1 Å². The number of rotatable bonds is 24. The number of imide groups is 2. The van der Waals surface area contributed by atoms with Crippen molar-refractivity contribution in [3.05, 3.63) is 29.3 Å². The van der Waals surface area contributed by atoms with E-state index in [1.807, 2.05) is 13.8 Å². The minimum absolute atomic E-state index is 0.0341. The predicted octanol–water partition coefficient (Wildman–Crippen LogP) is 2.09. The number of carbonyl (C=O) groups excluding carboxylic acids is 5. The zero-order valence-corrected chi connectivity index (χ0v) is 26.8. The summed E-state index contributed by atoms with van der Waals surface area (Å²) in [6.07, 6.45) is 2.72. The molecule has 2 N–H and O–H groups in total. The summed E-state index contributed by atoms with van der Waals surface area (Å²) in [6.45, 7) is 9.56. The Bertz CT molecular complexity index is 1160. The van der Waals surface area contributed by atoms with Gasteiger partial charge in [-0.2, -0.15) is 0 Å². The zero-order chi connectivity index (χ0) is 33.1. The predicted molar refractivity (Wildman–Crippen MR) is 165 cm³/mol. The van der Waals surface area contributed by atoms with Gasteiger partial charge >= 0.3 is 0 Å². The number of anilines is 1. The van der Waals surface area contributed by atoms with Gasteiger partial charge in [0.25, 0.3) is 11.8 Å². The van der Waals surface area contributed by atoms with Gasteiger partial charge in [0.1, 0.15) is 6.04 Å². The van der Waals surface area contributed by atoms with Crippen molar-refractivity contribution in [2.24, 2.45) is 0 Å². The molecule has 0 radical (unpaired) electrons. The molecule has 0 aromatic heterocycles. The number of fused-ring (bicyclic) bond motifs is 1. The molecule has 1 unspecified atom stereocenters. The van der Waals surface area contributed by atoms with E-state index in [0.717, 1.165) is 17.7 Å². The molecule has 2 aliphatic rings. The fraction of sp³-hybridized carbons (Fsp3) is 0.656. The molecule has 2 aliphatic heterocycles. The molecule has 1 saturated heterocycles. The maximum Gasteiger partial charge on any atom is 0.264 e. The molecule has 1 aromatic carbocycles. The highest BCUT2D eigenvalue weighted by atomic mass is 16.6. The van der Waals surface area contributed by atoms with Gasteiger partial charge in [-0.25, -0.2) is 0 Å². The first-order valence-electron chi connectivity index (χ1n) is 15.9. The van der Waals surface area contributed by atoms with Gasteiger partial charge in [-0.05, 0) is 45.2 Å². The maximum atomic E-state index is 13.1. The van der Waals surface area contributed by atoms with E-state index in [2.05, 4.69) is 10.6 Å². The Kier molecular flexibility index (Phi) is 16.8. The standard InChI is InChI=1S/C32H47N3O11/c1-23(2)46-22-21-45-20-19-44-18-17-43-16-15-42-14-13-41-12-5-3-4-9-27(36)33-25-8-6-7-24-29(25)32(40)35(31(24)39)26-10-11-28(37)34-30(26)38/h6-8,23,26H,3-5,9-22H2,1-2H3,(H,33,36)(H,34,37,38). The van der Waals surface area contributed by atoms with E-state index in [4.69, 9.17) is 28.4 Å². The maximum absolute atomic E-state index is 13.1. The van der Waals surface area contributed by atoms with Gasteiger partial charge in [0.2, 0.25) is 17.7 Å². The Morgan fingerprint density at radius 1 is 0.804 bits per heavy atom. The SMILES string of the molecule is CC(C)OCCOCCOCCOCCOCCOCCCCCC(=O)Nc1cccc2c1C(=O)N(C1CCC(=O)NC1=O)C2=O. The summed E-state index contributed by atoms with van der Waals surface area (Å²) >= 11 is 0. The lowest BCUT2D eigenvalue weighted by atomic mass is 10.0. The van der Waals surface area contributed by atoms with Gasteiger partial charge in [-0.15, -0.1) is 0 Å². The second-order valence-electron chi connectivity index (χ2n) is 11.0. The van der Waals surface area contributed by atoms with Crippen LogP contribution in [0.2, 0.25) is 0 Å². The molecule has 14 heteroatoms. The average Bonchev–Trinajstić information content (AvgIpc) is 3.27. The summed E-state index contributed by atoms with van der Waals surface area (Å²) in [5, 5.41) is 4.90. The molecule has 3 rings (SSSR count). The van der Waals surface area contributed by atoms with Crippen LogP contribution in [-0.4, -0.2) is 119 Å². The van der Waals surface area contributed by atoms with Gasteiger partial charge in [-0.1, -0.05) is 12.5 Å². The number of amides is 5. The summed E-state index contributed by atoms with van der Waals surface area (Å²) in [7, 11) is 0. The van der Waals surface area contributed by atoms with Gasteiger partial charge < -0.3 is 33.7 Å². The molecule has 0 saturated carbocycles. The Morgan fingerprint density at radius 3 is 1.98 bits per heavy atom. The molecule has 2 heterocycles. The van der Waals surface area contributed by atoms with Crippen LogP contribution in [0.4, 0.5) is 5.69 Å². The number of piperidine rings is 1. The van der Waals surface area contributed by atoms with E-state index in [-0.39, 0.29) is 48.1 Å². The summed E-state index contributed by atoms with van der Waals surface area (Å²) in [5.74, 6) is -2.69. The van der Waals surface area contributed by atoms with Crippen molar-refractivity contribution in [2.45, 2.75) is 64.5 Å². The summed E-state index contributed by atoms with van der Waals surface area (Å²) in [5.41, 5.74) is 0.400. The molecule has 1 fully saturated rings. The first-order chi connectivity index (χ1) is 22.3. The lowest BCUT2D eigenvalue weighted by Gasteiger charge is -2.27. The van der Waals surface area contributed by atoms with Crippen molar-refractivity contribution >= 4 is 35.2 Å². The second-order valence-corrected chi connectivity index (χ2v) is 11.0. The number of benzene rings is 1. The number of nitrogens with zero attached hydrogens (tertiary/aromatic N) is 1. The molecule has 256 valence electrons. The molecular formula is C32H47N3O11. The van der Waals surface area contributed by atoms with Gasteiger partial charge in [-0.3, -0.25) is 34.2 Å². The fourth-order valence-electron chi connectivity index (χ4n) is 4.82. The molecule has 0 spiro atoms. The van der Waals surface area contributed by atoms with E-state index in [0.29, 0.717) is 79.1 Å². The lowest BCUT2D eigenvalue weighted by molar-refractivity contribution is -0.136. The zero-order valence-electron chi connectivity index (χ0n) is 26.8. The molecule has 1 aromatic rings. The van der Waals surface area contributed by atoms with E-state index >= 15 is 0 Å². The summed E-state index contributed by atoms with van der Waals surface area (Å²) in [4.78, 5) is 63.3. The highest BCUT2D eigenvalue weighted by Gasteiger charge is 2.45. The number of hydrogen-bond acceptors (Lipinski definition) is 11. The van der Waals surface area contributed by atoms with E-state index in [1.165, 1.54) is 6.07 Å². The molecule has 14 nitrogen and oxygen atoms in total. The van der Waals surface area contributed by atoms with Crippen LogP contribution in [0.1, 0.15) is 73.1 Å². The Hall–Kier alpha value is -3.27. The van der Waals surface area contributed by atoms with Crippen LogP contribution in [0, 0.1) is 0 Å². The van der Waals surface area contributed by atoms with Crippen LogP contribution in [-0.2, 0) is 42.8 Å². The fourth-order valence-corrected chi connectivity index (χ4v) is 4.82. The summed E-state index contributed by atoms with van der Waals surface area (Å²) < 4.78 is 32.7. The largest absolute Gasteiger partial charge is 0.379 e. The quantitative estimate of drug-likeness (QED) is 0.124. The molecule has 46 heavy (non-hydrogen) atoms. The molecule has 0 bridgehead atoms. The molecule has 0 aliphatic carbocycles. The minimum atomic E-state index is -1.07. The topological polar surface area (TPSA) is 168 Å². The van der Waals surface area contributed by atoms with Gasteiger partial charge in [0, 0.05) is 19.4 Å².